The first-order valence-corrected chi connectivity index (χ1v) is 5.86. The molecule has 5 nitrogen and oxygen atoms in total. The number of aliphatic hydroxyl groups excluding tert-OH is 1. The third-order valence-electron chi connectivity index (χ3n) is 3.31. The first-order valence-electron chi connectivity index (χ1n) is 5.86. The number of rotatable bonds is 2. The lowest BCUT2D eigenvalue weighted by molar-refractivity contribution is -0.145. The van der Waals surface area contributed by atoms with Gasteiger partial charge in [0.25, 0.3) is 0 Å². The van der Waals surface area contributed by atoms with Gasteiger partial charge in [-0.3, -0.25) is 4.68 Å². The molecule has 1 saturated carbocycles. The molecule has 0 amide bonds. The van der Waals surface area contributed by atoms with E-state index in [4.69, 9.17) is 5.11 Å². The smallest absolute Gasteiger partial charge is 0.433 e. The van der Waals surface area contributed by atoms with Crippen LogP contribution in [0.25, 0.3) is 0 Å². The van der Waals surface area contributed by atoms with Gasteiger partial charge in [-0.2, -0.15) is 18.3 Å². The van der Waals surface area contributed by atoms with Crippen LogP contribution in [0.3, 0.4) is 0 Å². The Bertz CT molecular complexity index is 476. The number of carbonyl (C=O) groups is 1. The topological polar surface area (TPSA) is 75.3 Å². The standard InChI is InChI=1S/C11H13F3N2O3/c12-11(13,14)9-8(10(18)19)5-15-16(9)6-1-3-7(17)4-2-6/h5-7,17H,1-4H2,(H,18,19)/t6-,7+. The number of carboxylic acids is 1. The monoisotopic (exact) mass is 278 g/mol. The average Bonchev–Trinajstić information content (AvgIpc) is 2.74. The normalized spacial score (nSPS) is 24.4. The van der Waals surface area contributed by atoms with Crippen LogP contribution in [0.15, 0.2) is 6.20 Å². The van der Waals surface area contributed by atoms with E-state index in [2.05, 4.69) is 5.10 Å². The van der Waals surface area contributed by atoms with Crippen molar-refractivity contribution in [3.05, 3.63) is 17.5 Å². The third-order valence-corrected chi connectivity index (χ3v) is 3.31. The number of aliphatic hydroxyl groups is 1. The van der Waals surface area contributed by atoms with Crippen LogP contribution in [0.4, 0.5) is 13.2 Å². The van der Waals surface area contributed by atoms with Crippen LogP contribution in [0, 0.1) is 0 Å². The van der Waals surface area contributed by atoms with Gasteiger partial charge >= 0.3 is 12.1 Å². The number of aromatic nitrogens is 2. The molecule has 2 N–H and O–H groups in total. The number of carboxylic acid groups (broad SMARTS) is 1. The maximum atomic E-state index is 13.0. The largest absolute Gasteiger partial charge is 0.478 e. The Balaban J connectivity index is 2.38. The molecule has 106 valence electrons. The van der Waals surface area contributed by atoms with E-state index in [9.17, 15) is 23.1 Å². The van der Waals surface area contributed by atoms with Gasteiger partial charge in [0.1, 0.15) is 5.56 Å². The van der Waals surface area contributed by atoms with E-state index >= 15 is 0 Å². The molecule has 0 aromatic carbocycles. The molecule has 1 aliphatic rings. The van der Waals surface area contributed by atoms with E-state index in [1.807, 2.05) is 0 Å². The highest BCUT2D eigenvalue weighted by Crippen LogP contribution is 2.37. The quantitative estimate of drug-likeness (QED) is 0.868. The van der Waals surface area contributed by atoms with Crippen molar-refractivity contribution in [1.82, 2.24) is 9.78 Å². The summed E-state index contributed by atoms with van der Waals surface area (Å²) in [5.41, 5.74) is -2.06. The van der Waals surface area contributed by atoms with Gasteiger partial charge in [0.15, 0.2) is 5.69 Å². The summed E-state index contributed by atoms with van der Waals surface area (Å²) in [4.78, 5) is 10.8. The van der Waals surface area contributed by atoms with Crippen LogP contribution in [0.5, 0.6) is 0 Å². The Morgan fingerprint density at radius 1 is 1.32 bits per heavy atom. The van der Waals surface area contributed by atoms with E-state index in [1.165, 1.54) is 0 Å². The van der Waals surface area contributed by atoms with Crippen LogP contribution in [0.2, 0.25) is 0 Å². The lowest BCUT2D eigenvalue weighted by Gasteiger charge is -2.27. The zero-order chi connectivity index (χ0) is 14.2. The van der Waals surface area contributed by atoms with Crippen molar-refractivity contribution >= 4 is 5.97 Å². The number of alkyl halides is 3. The second kappa shape index (κ2) is 4.84. The molecule has 19 heavy (non-hydrogen) atoms. The highest BCUT2D eigenvalue weighted by atomic mass is 19.4. The fraction of sp³-hybridized carbons (Fsp3) is 0.636. The molecule has 1 heterocycles. The van der Waals surface area contributed by atoms with E-state index < -0.39 is 35.5 Å². The van der Waals surface area contributed by atoms with Crippen molar-refractivity contribution in [3.8, 4) is 0 Å². The zero-order valence-electron chi connectivity index (χ0n) is 9.89. The average molecular weight is 278 g/mol. The van der Waals surface area contributed by atoms with Crippen LogP contribution in [-0.2, 0) is 6.18 Å². The van der Waals surface area contributed by atoms with E-state index in [-0.39, 0.29) is 0 Å². The van der Waals surface area contributed by atoms with E-state index in [0.717, 1.165) is 10.9 Å². The van der Waals surface area contributed by atoms with Crippen LogP contribution in [0.1, 0.15) is 47.8 Å². The minimum Gasteiger partial charge on any atom is -0.478 e. The summed E-state index contributed by atoms with van der Waals surface area (Å²) >= 11 is 0. The number of halogens is 3. The Hall–Kier alpha value is -1.57. The van der Waals surface area contributed by atoms with Gasteiger partial charge in [-0.25, -0.2) is 4.79 Å². The van der Waals surface area contributed by atoms with Gasteiger partial charge in [0.2, 0.25) is 0 Å². The molecule has 1 aliphatic carbocycles. The third kappa shape index (κ3) is 2.73. The summed E-state index contributed by atoms with van der Waals surface area (Å²) < 4.78 is 39.6. The lowest BCUT2D eigenvalue weighted by Crippen LogP contribution is -2.26. The maximum absolute atomic E-state index is 13.0. The van der Waals surface area contributed by atoms with Crippen LogP contribution < -0.4 is 0 Å². The van der Waals surface area contributed by atoms with Crippen molar-refractivity contribution in [2.75, 3.05) is 0 Å². The summed E-state index contributed by atoms with van der Waals surface area (Å²) in [5, 5.41) is 21.7. The maximum Gasteiger partial charge on any atom is 0.433 e. The molecule has 0 spiro atoms. The molecule has 2 rings (SSSR count). The van der Waals surface area contributed by atoms with Crippen molar-refractivity contribution in [3.63, 3.8) is 0 Å². The lowest BCUT2D eigenvalue weighted by atomic mass is 9.93. The van der Waals surface area contributed by atoms with E-state index in [0.29, 0.717) is 25.7 Å². The van der Waals surface area contributed by atoms with Crippen molar-refractivity contribution in [2.24, 2.45) is 0 Å². The molecule has 1 aromatic rings. The summed E-state index contributed by atoms with van der Waals surface area (Å²) in [5.74, 6) is -1.64. The highest BCUT2D eigenvalue weighted by molar-refractivity contribution is 5.88. The number of hydrogen-bond acceptors (Lipinski definition) is 3. The fourth-order valence-electron chi connectivity index (χ4n) is 2.38. The van der Waals surface area contributed by atoms with Crippen LogP contribution >= 0.6 is 0 Å². The molecule has 0 unspecified atom stereocenters. The molecule has 1 fully saturated rings. The van der Waals surface area contributed by atoms with Crippen molar-refractivity contribution in [1.29, 1.82) is 0 Å². The van der Waals surface area contributed by atoms with E-state index in [1.54, 1.807) is 0 Å². The number of aromatic carboxylic acids is 1. The van der Waals surface area contributed by atoms with Crippen molar-refractivity contribution in [2.45, 2.75) is 44.0 Å². The summed E-state index contributed by atoms with van der Waals surface area (Å²) in [7, 11) is 0. The summed E-state index contributed by atoms with van der Waals surface area (Å²) in [6.07, 6.45) is -3.04. The van der Waals surface area contributed by atoms with Crippen LogP contribution in [-0.4, -0.2) is 32.1 Å². The highest BCUT2D eigenvalue weighted by Gasteiger charge is 2.42. The Morgan fingerprint density at radius 3 is 2.37 bits per heavy atom. The SMILES string of the molecule is O=C(O)c1cnn([C@H]2CC[C@@H](O)CC2)c1C(F)(F)F. The predicted molar refractivity (Wildman–Crippen MR) is 57.7 cm³/mol. The molecule has 0 bridgehead atoms. The van der Waals surface area contributed by atoms with Gasteiger partial charge in [-0.1, -0.05) is 0 Å². The number of nitrogens with zero attached hydrogens (tertiary/aromatic N) is 2. The first-order chi connectivity index (χ1) is 8.80. The molecular formula is C11H13F3N2O3. The Kier molecular flexibility index (Phi) is 3.53. The minimum absolute atomic E-state index is 0.352. The predicted octanol–water partition coefficient (Wildman–Crippen LogP) is 2.08. The van der Waals surface area contributed by atoms with Gasteiger partial charge < -0.3 is 10.2 Å². The zero-order valence-corrected chi connectivity index (χ0v) is 9.89. The summed E-state index contributed by atoms with van der Waals surface area (Å²) in [6, 6.07) is -0.520. The minimum atomic E-state index is -4.76. The Morgan fingerprint density at radius 2 is 1.89 bits per heavy atom. The molecule has 1 aromatic heterocycles. The summed E-state index contributed by atoms with van der Waals surface area (Å²) in [6.45, 7) is 0. The molecule has 0 aliphatic heterocycles. The van der Waals surface area contributed by atoms with Gasteiger partial charge in [-0.05, 0) is 25.7 Å². The second-order valence-corrected chi connectivity index (χ2v) is 4.62. The molecular weight excluding hydrogens is 265 g/mol. The van der Waals surface area contributed by atoms with Gasteiger partial charge in [0, 0.05) is 0 Å². The van der Waals surface area contributed by atoms with Gasteiger partial charge in [0.05, 0.1) is 18.3 Å². The first kappa shape index (κ1) is 13.9. The molecule has 0 atom stereocenters. The molecule has 0 radical (unpaired) electrons. The van der Waals surface area contributed by atoms with Crippen molar-refractivity contribution < 1.29 is 28.2 Å². The molecule has 8 heteroatoms. The number of hydrogen-bond donors (Lipinski definition) is 2. The fourth-order valence-corrected chi connectivity index (χ4v) is 2.38. The Labute approximate surface area is 106 Å². The second-order valence-electron chi connectivity index (χ2n) is 4.62. The molecule has 0 saturated heterocycles. The van der Waals surface area contributed by atoms with Gasteiger partial charge in [-0.15, -0.1) is 0 Å².